The lowest BCUT2D eigenvalue weighted by molar-refractivity contribution is -0.0489. The highest BCUT2D eigenvalue weighted by Crippen LogP contribution is 2.29. The Bertz CT molecular complexity index is 189. The largest absolute Gasteiger partial charge is 0.518 e. The molecule has 2 fully saturated rings. The topological polar surface area (TPSA) is 61.8 Å². The van der Waals surface area contributed by atoms with Crippen LogP contribution in [0.5, 0.6) is 0 Å². The first-order valence-electron chi connectivity index (χ1n) is 3.35. The third-order valence-electron chi connectivity index (χ3n) is 1.81. The maximum absolute atomic E-state index is 10.5. The first-order valence-corrected chi connectivity index (χ1v) is 3.35. The van der Waals surface area contributed by atoms with Crippen molar-refractivity contribution in [1.82, 2.24) is 0 Å². The van der Waals surface area contributed by atoms with Gasteiger partial charge in [-0.25, -0.2) is 9.59 Å². The molecule has 1 heterocycles. The molecule has 0 bridgehead atoms. The first-order chi connectivity index (χ1) is 5.25. The second kappa shape index (κ2) is 2.11. The molecule has 2 atom stereocenters. The third kappa shape index (κ3) is 1.02. The van der Waals surface area contributed by atoms with Crippen LogP contribution in [0.15, 0.2) is 0 Å². The Kier molecular flexibility index (Phi) is 1.24. The molecule has 1 saturated heterocycles. The van der Waals surface area contributed by atoms with Crippen LogP contribution in [0.3, 0.4) is 0 Å². The van der Waals surface area contributed by atoms with Crippen molar-refractivity contribution < 1.29 is 23.8 Å². The van der Waals surface area contributed by atoms with Crippen LogP contribution in [-0.4, -0.2) is 24.5 Å². The molecule has 0 aromatic heterocycles. The third-order valence-corrected chi connectivity index (χ3v) is 1.81. The fourth-order valence-corrected chi connectivity index (χ4v) is 1.07. The average Bonchev–Trinajstić information content (AvgIpc) is 1.99. The summed E-state index contributed by atoms with van der Waals surface area (Å²) in [6, 6.07) is 0. The summed E-state index contributed by atoms with van der Waals surface area (Å²) >= 11 is 0. The van der Waals surface area contributed by atoms with E-state index in [-0.39, 0.29) is 12.2 Å². The van der Waals surface area contributed by atoms with E-state index < -0.39 is 12.3 Å². The van der Waals surface area contributed by atoms with Gasteiger partial charge in [0.1, 0.15) is 12.2 Å². The van der Waals surface area contributed by atoms with Crippen molar-refractivity contribution >= 4 is 12.3 Å². The number of carbonyl (C=O) groups excluding carboxylic acids is 2. The van der Waals surface area contributed by atoms with Gasteiger partial charge in [-0.1, -0.05) is 0 Å². The minimum Gasteiger partial charge on any atom is -0.427 e. The van der Waals surface area contributed by atoms with Gasteiger partial charge in [0, 0.05) is 0 Å². The van der Waals surface area contributed by atoms with Crippen molar-refractivity contribution in [3.8, 4) is 0 Å². The van der Waals surface area contributed by atoms with Gasteiger partial charge in [-0.3, -0.25) is 0 Å². The van der Waals surface area contributed by atoms with Crippen LogP contribution in [0.1, 0.15) is 12.8 Å². The molecular formula is C6H6O5. The van der Waals surface area contributed by atoms with Crippen molar-refractivity contribution in [2.45, 2.75) is 25.0 Å². The van der Waals surface area contributed by atoms with Crippen LogP contribution in [0.4, 0.5) is 9.59 Å². The highest BCUT2D eigenvalue weighted by Gasteiger charge is 2.41. The van der Waals surface area contributed by atoms with Gasteiger partial charge in [0.15, 0.2) is 0 Å². The lowest BCUT2D eigenvalue weighted by Gasteiger charge is -2.30. The van der Waals surface area contributed by atoms with E-state index in [1.807, 2.05) is 0 Å². The molecule has 0 spiro atoms. The molecule has 5 heteroatoms. The van der Waals surface area contributed by atoms with E-state index in [9.17, 15) is 9.59 Å². The minimum absolute atomic E-state index is 0.283. The predicted molar refractivity (Wildman–Crippen MR) is 30.9 cm³/mol. The zero-order valence-electron chi connectivity index (χ0n) is 5.61. The smallest absolute Gasteiger partial charge is 0.427 e. The van der Waals surface area contributed by atoms with Gasteiger partial charge >= 0.3 is 12.3 Å². The Hall–Kier alpha value is -1.26. The molecule has 0 aromatic rings. The van der Waals surface area contributed by atoms with Crippen LogP contribution in [0.2, 0.25) is 0 Å². The van der Waals surface area contributed by atoms with E-state index in [0.29, 0.717) is 0 Å². The number of hydrogen-bond donors (Lipinski definition) is 0. The molecular weight excluding hydrogens is 152 g/mol. The van der Waals surface area contributed by atoms with Gasteiger partial charge in [-0.05, 0) is 12.8 Å². The van der Waals surface area contributed by atoms with Gasteiger partial charge < -0.3 is 14.2 Å². The molecule has 5 nitrogen and oxygen atoms in total. The van der Waals surface area contributed by atoms with E-state index >= 15 is 0 Å². The second-order valence-electron chi connectivity index (χ2n) is 2.49. The van der Waals surface area contributed by atoms with Crippen LogP contribution >= 0.6 is 0 Å². The summed E-state index contributed by atoms with van der Waals surface area (Å²) in [4.78, 5) is 21.1. The molecule has 11 heavy (non-hydrogen) atoms. The van der Waals surface area contributed by atoms with Crippen LogP contribution < -0.4 is 0 Å². The SMILES string of the molecule is O=C1OC(=O)O[C@@H]2CC[C@@H]2O1. The molecule has 1 saturated carbocycles. The van der Waals surface area contributed by atoms with E-state index in [0.717, 1.165) is 12.8 Å². The fourth-order valence-electron chi connectivity index (χ4n) is 1.07. The molecule has 0 aromatic carbocycles. The Balaban J connectivity index is 2.09. The van der Waals surface area contributed by atoms with E-state index in [4.69, 9.17) is 0 Å². The molecule has 2 aliphatic rings. The van der Waals surface area contributed by atoms with Crippen molar-refractivity contribution in [3.63, 3.8) is 0 Å². The summed E-state index contributed by atoms with van der Waals surface area (Å²) < 4.78 is 13.4. The fraction of sp³-hybridized carbons (Fsp3) is 0.667. The molecule has 1 aliphatic heterocycles. The number of fused-ring (bicyclic) bond motifs is 1. The number of hydrogen-bond acceptors (Lipinski definition) is 5. The standard InChI is InChI=1S/C6H6O5/c7-5-9-3-1-2-4(3)10-6(8)11-5/h3-4H,1-2H2/t3-,4+. The summed E-state index contributed by atoms with van der Waals surface area (Å²) in [6.07, 6.45) is -0.993. The molecule has 60 valence electrons. The van der Waals surface area contributed by atoms with Crippen molar-refractivity contribution in [2.24, 2.45) is 0 Å². The Morgan fingerprint density at radius 1 is 1.00 bits per heavy atom. The van der Waals surface area contributed by atoms with Gasteiger partial charge in [0.2, 0.25) is 0 Å². The zero-order chi connectivity index (χ0) is 7.84. The zero-order valence-corrected chi connectivity index (χ0v) is 5.61. The van der Waals surface area contributed by atoms with Crippen molar-refractivity contribution in [2.75, 3.05) is 0 Å². The minimum atomic E-state index is -0.956. The van der Waals surface area contributed by atoms with Gasteiger partial charge in [0.25, 0.3) is 0 Å². The van der Waals surface area contributed by atoms with E-state index in [1.165, 1.54) is 0 Å². The maximum atomic E-state index is 10.5. The lowest BCUT2D eigenvalue weighted by atomic mass is 9.92. The highest BCUT2D eigenvalue weighted by molar-refractivity contribution is 5.78. The van der Waals surface area contributed by atoms with Crippen LogP contribution in [0.25, 0.3) is 0 Å². The quantitative estimate of drug-likeness (QED) is 0.385. The van der Waals surface area contributed by atoms with Gasteiger partial charge in [-0.2, -0.15) is 0 Å². The first kappa shape index (κ1) is 6.45. The molecule has 0 radical (unpaired) electrons. The summed E-state index contributed by atoms with van der Waals surface area (Å²) in [5, 5.41) is 0. The average molecular weight is 158 g/mol. The monoisotopic (exact) mass is 158 g/mol. The number of cyclic esters (lactones) is 2. The molecule has 0 N–H and O–H groups in total. The van der Waals surface area contributed by atoms with Crippen molar-refractivity contribution in [1.29, 1.82) is 0 Å². The Morgan fingerprint density at radius 2 is 1.45 bits per heavy atom. The number of carbonyl (C=O) groups is 2. The Labute approximate surface area is 62.2 Å². The van der Waals surface area contributed by atoms with Gasteiger partial charge in [0.05, 0.1) is 0 Å². The number of rotatable bonds is 0. The van der Waals surface area contributed by atoms with Gasteiger partial charge in [-0.15, -0.1) is 0 Å². The Morgan fingerprint density at radius 3 is 1.82 bits per heavy atom. The summed E-state index contributed by atoms with van der Waals surface area (Å²) in [5.74, 6) is 0. The van der Waals surface area contributed by atoms with Crippen LogP contribution in [0, 0.1) is 0 Å². The van der Waals surface area contributed by atoms with Crippen LogP contribution in [-0.2, 0) is 14.2 Å². The summed E-state index contributed by atoms with van der Waals surface area (Å²) in [6.45, 7) is 0. The molecule has 0 amide bonds. The molecule has 0 unspecified atom stereocenters. The van der Waals surface area contributed by atoms with E-state index in [2.05, 4.69) is 14.2 Å². The van der Waals surface area contributed by atoms with Crippen molar-refractivity contribution in [3.05, 3.63) is 0 Å². The highest BCUT2D eigenvalue weighted by atomic mass is 16.8. The van der Waals surface area contributed by atoms with E-state index in [1.54, 1.807) is 0 Å². The normalized spacial score (nSPS) is 35.3. The molecule has 2 rings (SSSR count). The lowest BCUT2D eigenvalue weighted by Crippen LogP contribution is -2.40. The summed E-state index contributed by atoms with van der Waals surface area (Å²) in [7, 11) is 0. The molecule has 1 aliphatic carbocycles. The number of ether oxygens (including phenoxy) is 3. The second-order valence-corrected chi connectivity index (χ2v) is 2.49. The summed E-state index contributed by atoms with van der Waals surface area (Å²) in [5.41, 5.74) is 0. The maximum Gasteiger partial charge on any atom is 0.518 e. The predicted octanol–water partition coefficient (Wildman–Crippen LogP) is 0.821.